The van der Waals surface area contributed by atoms with Crippen molar-refractivity contribution >= 4 is 39.6 Å². The maximum absolute atomic E-state index is 11.8. The Morgan fingerprint density at radius 1 is 1.09 bits per heavy atom. The van der Waals surface area contributed by atoms with Gasteiger partial charge < -0.3 is 4.74 Å². The number of hydrogen-bond acceptors (Lipinski definition) is 2. The summed E-state index contributed by atoms with van der Waals surface area (Å²) in [6, 6.07) is 18.8. The number of alkyl halides is 2. The van der Waals surface area contributed by atoms with Crippen molar-refractivity contribution < 1.29 is 9.53 Å². The van der Waals surface area contributed by atoms with Crippen LogP contribution in [0.25, 0.3) is 6.08 Å². The molecule has 0 aliphatic carbocycles. The molecule has 4 heteroatoms. The Labute approximate surface area is 143 Å². The minimum Gasteiger partial charge on any atom is -0.461 e. The molecule has 2 aromatic rings. The van der Waals surface area contributed by atoms with Gasteiger partial charge >= 0.3 is 5.97 Å². The van der Waals surface area contributed by atoms with Gasteiger partial charge in [0.1, 0.15) is 6.61 Å². The number of benzene rings is 2. The Morgan fingerprint density at radius 2 is 1.68 bits per heavy atom. The zero-order valence-corrected chi connectivity index (χ0v) is 14.2. The van der Waals surface area contributed by atoms with Crippen molar-refractivity contribution in [2.45, 2.75) is 10.2 Å². The van der Waals surface area contributed by atoms with Crippen LogP contribution in [0.3, 0.4) is 0 Å². The third-order valence-electron chi connectivity index (χ3n) is 3.00. The summed E-state index contributed by atoms with van der Waals surface area (Å²) in [4.78, 5) is 11.7. The van der Waals surface area contributed by atoms with Crippen molar-refractivity contribution in [3.63, 3.8) is 0 Å². The van der Waals surface area contributed by atoms with E-state index >= 15 is 0 Å². The normalized spacial score (nSPS) is 13.7. The van der Waals surface area contributed by atoms with Crippen LogP contribution in [-0.2, 0) is 4.74 Å². The van der Waals surface area contributed by atoms with Gasteiger partial charge in [0, 0.05) is 0 Å². The highest BCUT2D eigenvalue weighted by atomic mass is 79.9. The molecule has 0 radical (unpaired) electrons. The molecule has 0 spiro atoms. The third-order valence-corrected chi connectivity index (χ3v) is 4.59. The van der Waals surface area contributed by atoms with E-state index in [9.17, 15) is 4.79 Å². The standard InChI is InChI=1S/C18H16BrClO2/c19-16(13-22-18(21)15-9-5-2-6-10-15)17(20)12-11-14-7-3-1-4-8-14/h1-12,16-17H,13H2. The Balaban J connectivity index is 1.83. The summed E-state index contributed by atoms with van der Waals surface area (Å²) in [7, 11) is 0. The van der Waals surface area contributed by atoms with Crippen molar-refractivity contribution in [2.75, 3.05) is 6.61 Å². The van der Waals surface area contributed by atoms with Gasteiger partial charge in [0.25, 0.3) is 0 Å². The van der Waals surface area contributed by atoms with Gasteiger partial charge in [-0.05, 0) is 17.7 Å². The van der Waals surface area contributed by atoms with Gasteiger partial charge in [-0.25, -0.2) is 4.79 Å². The second-order valence-corrected chi connectivity index (χ2v) is 6.37. The fraction of sp³-hybridized carbons (Fsp3) is 0.167. The molecule has 2 unspecified atom stereocenters. The first-order valence-corrected chi connectivity index (χ1v) is 8.25. The van der Waals surface area contributed by atoms with Gasteiger partial charge in [0.15, 0.2) is 0 Å². The summed E-state index contributed by atoms with van der Waals surface area (Å²) in [5.41, 5.74) is 1.61. The summed E-state index contributed by atoms with van der Waals surface area (Å²) < 4.78 is 5.26. The van der Waals surface area contributed by atoms with E-state index in [0.29, 0.717) is 5.56 Å². The van der Waals surface area contributed by atoms with Crippen molar-refractivity contribution in [1.82, 2.24) is 0 Å². The Morgan fingerprint density at radius 3 is 2.32 bits per heavy atom. The molecule has 0 aromatic heterocycles. The van der Waals surface area contributed by atoms with Crippen molar-refractivity contribution in [1.29, 1.82) is 0 Å². The zero-order chi connectivity index (χ0) is 15.8. The second kappa shape index (κ2) is 8.76. The minimum absolute atomic E-state index is 0.151. The predicted molar refractivity (Wildman–Crippen MR) is 94.6 cm³/mol. The molecule has 2 atom stereocenters. The lowest BCUT2D eigenvalue weighted by Crippen LogP contribution is -2.21. The monoisotopic (exact) mass is 378 g/mol. The van der Waals surface area contributed by atoms with Crippen molar-refractivity contribution in [3.05, 3.63) is 77.9 Å². The molecule has 2 nitrogen and oxygen atoms in total. The Kier molecular flexibility index (Phi) is 6.69. The zero-order valence-electron chi connectivity index (χ0n) is 11.9. The number of allylic oxidation sites excluding steroid dienone is 1. The van der Waals surface area contributed by atoms with Crippen LogP contribution in [-0.4, -0.2) is 22.8 Å². The number of rotatable bonds is 6. The number of hydrogen-bond donors (Lipinski definition) is 0. The van der Waals surface area contributed by atoms with E-state index in [-0.39, 0.29) is 22.8 Å². The highest BCUT2D eigenvalue weighted by Crippen LogP contribution is 2.16. The molecule has 0 bridgehead atoms. The van der Waals surface area contributed by atoms with E-state index in [1.54, 1.807) is 24.3 Å². The van der Waals surface area contributed by atoms with E-state index < -0.39 is 0 Å². The molecule has 2 aromatic carbocycles. The molecule has 2 rings (SSSR count). The summed E-state index contributed by atoms with van der Waals surface area (Å²) in [5, 5.41) is -0.274. The topological polar surface area (TPSA) is 26.3 Å². The molecule has 0 fully saturated rings. The maximum Gasteiger partial charge on any atom is 0.338 e. The molecule has 0 N–H and O–H groups in total. The van der Waals surface area contributed by atoms with Gasteiger partial charge in [-0.15, -0.1) is 11.6 Å². The lowest BCUT2D eigenvalue weighted by atomic mass is 10.2. The van der Waals surface area contributed by atoms with Crippen LogP contribution in [0, 0.1) is 0 Å². The number of carbonyl (C=O) groups is 1. The van der Waals surface area contributed by atoms with Crippen LogP contribution >= 0.6 is 27.5 Å². The largest absolute Gasteiger partial charge is 0.461 e. The average molecular weight is 380 g/mol. The van der Waals surface area contributed by atoms with Crippen LogP contribution in [0.2, 0.25) is 0 Å². The smallest absolute Gasteiger partial charge is 0.338 e. The Bertz CT molecular complexity index is 613. The highest BCUT2D eigenvalue weighted by molar-refractivity contribution is 9.09. The molecule has 0 heterocycles. The summed E-state index contributed by atoms with van der Waals surface area (Å²) in [5.74, 6) is -0.346. The molecule has 0 saturated carbocycles. The first-order valence-electron chi connectivity index (χ1n) is 6.90. The van der Waals surface area contributed by atoms with Crippen molar-refractivity contribution in [3.8, 4) is 0 Å². The quantitative estimate of drug-likeness (QED) is 0.525. The van der Waals surface area contributed by atoms with E-state index in [4.69, 9.17) is 16.3 Å². The van der Waals surface area contributed by atoms with E-state index in [2.05, 4.69) is 15.9 Å². The van der Waals surface area contributed by atoms with Crippen LogP contribution in [0.1, 0.15) is 15.9 Å². The SMILES string of the molecule is O=C(OCC(Br)C(Cl)C=Cc1ccccc1)c1ccccc1. The van der Waals surface area contributed by atoms with E-state index in [1.165, 1.54) is 0 Å². The summed E-state index contributed by atoms with van der Waals surface area (Å²) in [6.45, 7) is 0.209. The fourth-order valence-electron chi connectivity index (χ4n) is 1.79. The highest BCUT2D eigenvalue weighted by Gasteiger charge is 2.16. The number of esters is 1. The number of halogens is 2. The summed E-state index contributed by atoms with van der Waals surface area (Å²) >= 11 is 9.74. The number of carbonyl (C=O) groups excluding carboxylic acids is 1. The number of ether oxygens (including phenoxy) is 1. The molecular weight excluding hydrogens is 364 g/mol. The molecule has 22 heavy (non-hydrogen) atoms. The lowest BCUT2D eigenvalue weighted by Gasteiger charge is -2.13. The molecule has 114 valence electrons. The van der Waals surface area contributed by atoms with Gasteiger partial charge in [0.2, 0.25) is 0 Å². The van der Waals surface area contributed by atoms with Gasteiger partial charge in [-0.3, -0.25) is 0 Å². The second-order valence-electron chi connectivity index (χ2n) is 4.69. The lowest BCUT2D eigenvalue weighted by molar-refractivity contribution is 0.0509. The summed E-state index contributed by atoms with van der Waals surface area (Å²) in [6.07, 6.45) is 3.83. The van der Waals surface area contributed by atoms with Gasteiger partial charge in [-0.1, -0.05) is 76.6 Å². The molecular formula is C18H16BrClO2. The van der Waals surface area contributed by atoms with Gasteiger partial charge in [0.05, 0.1) is 15.8 Å². The fourth-order valence-corrected chi connectivity index (χ4v) is 2.25. The van der Waals surface area contributed by atoms with Gasteiger partial charge in [-0.2, -0.15) is 0 Å². The Hall–Kier alpha value is -1.58. The molecule has 0 aliphatic rings. The minimum atomic E-state index is -0.346. The first-order chi connectivity index (χ1) is 10.7. The third kappa shape index (κ3) is 5.32. The van der Waals surface area contributed by atoms with Crippen LogP contribution < -0.4 is 0 Å². The van der Waals surface area contributed by atoms with E-state index in [1.807, 2.05) is 48.6 Å². The predicted octanol–water partition coefficient (Wildman–Crippen LogP) is 4.93. The van der Waals surface area contributed by atoms with Crippen molar-refractivity contribution in [2.24, 2.45) is 0 Å². The first kappa shape index (κ1) is 16.8. The van der Waals surface area contributed by atoms with Crippen LogP contribution in [0.5, 0.6) is 0 Å². The van der Waals surface area contributed by atoms with Crippen LogP contribution in [0.15, 0.2) is 66.7 Å². The van der Waals surface area contributed by atoms with Crippen LogP contribution in [0.4, 0.5) is 0 Å². The molecule has 0 aliphatic heterocycles. The molecule has 0 saturated heterocycles. The molecule has 0 amide bonds. The average Bonchev–Trinajstić information content (AvgIpc) is 2.58. The maximum atomic E-state index is 11.8. The van der Waals surface area contributed by atoms with E-state index in [0.717, 1.165) is 5.56 Å².